The summed E-state index contributed by atoms with van der Waals surface area (Å²) in [4.78, 5) is 0. The standard InChI is InChI=1S/C14H22BF3N2O2/c1-6-11(7-14(16,17)18)20-9-10(8-19-20)15-21-12(2,3)13(4,5)22-15/h8-9,11H,6-7H2,1-5H3. The van der Waals surface area contributed by atoms with Crippen molar-refractivity contribution in [3.63, 3.8) is 0 Å². The molecule has 1 atom stereocenters. The van der Waals surface area contributed by atoms with Gasteiger partial charge in [0.25, 0.3) is 0 Å². The fourth-order valence-corrected chi connectivity index (χ4v) is 2.35. The van der Waals surface area contributed by atoms with E-state index in [0.29, 0.717) is 11.9 Å². The molecule has 22 heavy (non-hydrogen) atoms. The van der Waals surface area contributed by atoms with Crippen LogP contribution in [0.25, 0.3) is 0 Å². The molecule has 1 aliphatic rings. The summed E-state index contributed by atoms with van der Waals surface area (Å²) in [5, 5.41) is 4.07. The van der Waals surface area contributed by atoms with Crippen molar-refractivity contribution in [1.82, 2.24) is 9.78 Å². The minimum atomic E-state index is -4.21. The second-order valence-electron chi connectivity index (χ2n) is 6.72. The van der Waals surface area contributed by atoms with Crippen LogP contribution in [0.3, 0.4) is 0 Å². The first-order valence-corrected chi connectivity index (χ1v) is 7.41. The van der Waals surface area contributed by atoms with Gasteiger partial charge in [-0.3, -0.25) is 4.68 Å². The Morgan fingerprint density at radius 3 is 2.23 bits per heavy atom. The van der Waals surface area contributed by atoms with Gasteiger partial charge in [-0.25, -0.2) is 0 Å². The lowest BCUT2D eigenvalue weighted by Crippen LogP contribution is -2.41. The van der Waals surface area contributed by atoms with E-state index in [-0.39, 0.29) is 0 Å². The van der Waals surface area contributed by atoms with Crippen LogP contribution in [-0.4, -0.2) is 34.3 Å². The Morgan fingerprint density at radius 1 is 1.23 bits per heavy atom. The van der Waals surface area contributed by atoms with Gasteiger partial charge in [-0.15, -0.1) is 0 Å². The quantitative estimate of drug-likeness (QED) is 0.801. The lowest BCUT2D eigenvalue weighted by molar-refractivity contribution is -0.143. The van der Waals surface area contributed by atoms with Crippen LogP contribution in [0.15, 0.2) is 12.4 Å². The SMILES string of the molecule is CCC(CC(F)(F)F)n1cc(B2OC(C)(C)C(C)(C)O2)cn1. The molecular formula is C14H22BF3N2O2. The summed E-state index contributed by atoms with van der Waals surface area (Å²) in [7, 11) is -0.609. The van der Waals surface area contributed by atoms with Crippen molar-refractivity contribution in [3.05, 3.63) is 12.4 Å². The maximum absolute atomic E-state index is 12.6. The summed E-state index contributed by atoms with van der Waals surface area (Å²) in [6.45, 7) is 9.42. The van der Waals surface area contributed by atoms with E-state index in [4.69, 9.17) is 9.31 Å². The van der Waals surface area contributed by atoms with Crippen molar-refractivity contribution in [3.8, 4) is 0 Å². The molecule has 0 bridgehead atoms. The zero-order valence-corrected chi connectivity index (χ0v) is 13.6. The third-order valence-corrected chi connectivity index (χ3v) is 4.46. The van der Waals surface area contributed by atoms with E-state index in [0.717, 1.165) is 0 Å². The molecule has 0 aliphatic carbocycles. The monoisotopic (exact) mass is 318 g/mol. The number of nitrogens with zero attached hydrogens (tertiary/aromatic N) is 2. The average Bonchev–Trinajstić information content (AvgIpc) is 2.89. The van der Waals surface area contributed by atoms with Crippen molar-refractivity contribution >= 4 is 12.6 Å². The average molecular weight is 318 g/mol. The van der Waals surface area contributed by atoms with E-state index >= 15 is 0 Å². The zero-order chi connectivity index (χ0) is 16.8. The highest BCUT2D eigenvalue weighted by molar-refractivity contribution is 6.61. The van der Waals surface area contributed by atoms with Gasteiger partial charge in [0.05, 0.1) is 23.7 Å². The Balaban J connectivity index is 2.15. The Morgan fingerprint density at radius 2 is 1.77 bits per heavy atom. The van der Waals surface area contributed by atoms with E-state index in [9.17, 15) is 13.2 Å². The number of hydrogen-bond acceptors (Lipinski definition) is 3. The fourth-order valence-electron chi connectivity index (χ4n) is 2.35. The first-order valence-electron chi connectivity index (χ1n) is 7.41. The zero-order valence-electron chi connectivity index (χ0n) is 13.6. The molecule has 1 saturated heterocycles. The number of alkyl halides is 3. The number of rotatable bonds is 4. The third-order valence-electron chi connectivity index (χ3n) is 4.46. The molecule has 2 rings (SSSR count). The molecule has 4 nitrogen and oxygen atoms in total. The molecule has 1 aromatic rings. The summed E-state index contributed by atoms with van der Waals surface area (Å²) in [5.41, 5.74) is -0.342. The van der Waals surface area contributed by atoms with Gasteiger partial charge in [0.15, 0.2) is 0 Å². The van der Waals surface area contributed by atoms with Crippen LogP contribution < -0.4 is 5.46 Å². The van der Waals surface area contributed by atoms with Crippen molar-refractivity contribution in [2.45, 2.75) is 70.9 Å². The first-order chi connectivity index (χ1) is 9.95. The van der Waals surface area contributed by atoms with E-state index in [1.54, 1.807) is 13.1 Å². The highest BCUT2D eigenvalue weighted by atomic mass is 19.4. The van der Waals surface area contributed by atoms with E-state index in [1.807, 2.05) is 27.7 Å². The van der Waals surface area contributed by atoms with Crippen LogP contribution >= 0.6 is 0 Å². The molecule has 1 aliphatic heterocycles. The van der Waals surface area contributed by atoms with Crippen molar-refractivity contribution in [2.24, 2.45) is 0 Å². The second-order valence-corrected chi connectivity index (χ2v) is 6.72. The van der Waals surface area contributed by atoms with Gasteiger partial charge in [0.1, 0.15) is 0 Å². The van der Waals surface area contributed by atoms with Gasteiger partial charge in [-0.2, -0.15) is 18.3 Å². The van der Waals surface area contributed by atoms with Crippen LogP contribution in [0.1, 0.15) is 53.5 Å². The molecular weight excluding hydrogens is 296 g/mol. The van der Waals surface area contributed by atoms with Crippen LogP contribution in [0.4, 0.5) is 13.2 Å². The van der Waals surface area contributed by atoms with Gasteiger partial charge >= 0.3 is 13.3 Å². The Hall–Kier alpha value is -1.02. The van der Waals surface area contributed by atoms with Crippen molar-refractivity contribution in [2.75, 3.05) is 0 Å². The molecule has 0 radical (unpaired) electrons. The predicted molar refractivity (Wildman–Crippen MR) is 77.9 cm³/mol. The normalized spacial score (nSPS) is 22.1. The highest BCUT2D eigenvalue weighted by Crippen LogP contribution is 2.36. The van der Waals surface area contributed by atoms with Gasteiger partial charge in [0, 0.05) is 17.9 Å². The first kappa shape index (κ1) is 17.3. The molecule has 1 aromatic heterocycles. The summed E-state index contributed by atoms with van der Waals surface area (Å²) in [5.74, 6) is 0. The molecule has 0 spiro atoms. The molecule has 0 saturated carbocycles. The number of aromatic nitrogens is 2. The number of hydrogen-bond donors (Lipinski definition) is 0. The van der Waals surface area contributed by atoms with Crippen molar-refractivity contribution < 1.29 is 22.5 Å². The van der Waals surface area contributed by atoms with Crippen LogP contribution in [-0.2, 0) is 9.31 Å². The minimum absolute atomic E-state index is 0.351. The summed E-state index contributed by atoms with van der Waals surface area (Å²) in [6, 6.07) is -0.712. The van der Waals surface area contributed by atoms with E-state index < -0.39 is 37.0 Å². The van der Waals surface area contributed by atoms with Gasteiger partial charge in [-0.1, -0.05) is 6.92 Å². The fraction of sp³-hybridized carbons (Fsp3) is 0.786. The maximum atomic E-state index is 12.6. The number of halogens is 3. The molecule has 124 valence electrons. The van der Waals surface area contributed by atoms with Crippen molar-refractivity contribution in [1.29, 1.82) is 0 Å². The predicted octanol–water partition coefficient (Wildman–Crippen LogP) is 3.09. The molecule has 1 unspecified atom stereocenters. The second kappa shape index (κ2) is 5.56. The lowest BCUT2D eigenvalue weighted by atomic mass is 9.82. The minimum Gasteiger partial charge on any atom is -0.399 e. The molecule has 1 fully saturated rings. The Kier molecular flexibility index (Phi) is 4.38. The molecule has 8 heteroatoms. The van der Waals surface area contributed by atoms with Crippen LogP contribution in [0.2, 0.25) is 0 Å². The Labute approximate surface area is 129 Å². The van der Waals surface area contributed by atoms with E-state index in [2.05, 4.69) is 5.10 Å². The summed E-state index contributed by atoms with van der Waals surface area (Å²) < 4.78 is 50.9. The van der Waals surface area contributed by atoms with E-state index in [1.165, 1.54) is 10.9 Å². The molecule has 2 heterocycles. The highest BCUT2D eigenvalue weighted by Gasteiger charge is 2.52. The summed E-state index contributed by atoms with van der Waals surface area (Å²) >= 11 is 0. The smallest absolute Gasteiger partial charge is 0.399 e. The van der Waals surface area contributed by atoms with Gasteiger partial charge in [0.2, 0.25) is 0 Å². The molecule has 0 aromatic carbocycles. The molecule has 0 N–H and O–H groups in total. The van der Waals surface area contributed by atoms with Crippen LogP contribution in [0, 0.1) is 0 Å². The largest absolute Gasteiger partial charge is 0.498 e. The third kappa shape index (κ3) is 3.48. The Bertz CT molecular complexity index is 512. The maximum Gasteiger partial charge on any atom is 0.498 e. The molecule has 0 amide bonds. The van der Waals surface area contributed by atoms with Gasteiger partial charge in [-0.05, 0) is 34.1 Å². The topological polar surface area (TPSA) is 36.3 Å². The van der Waals surface area contributed by atoms with Crippen LogP contribution in [0.5, 0.6) is 0 Å². The summed E-state index contributed by atoms with van der Waals surface area (Å²) in [6.07, 6.45) is -1.65. The van der Waals surface area contributed by atoms with Gasteiger partial charge < -0.3 is 9.31 Å². The lowest BCUT2D eigenvalue weighted by Gasteiger charge is -2.32.